The van der Waals surface area contributed by atoms with E-state index in [9.17, 15) is 4.39 Å². The van der Waals surface area contributed by atoms with Gasteiger partial charge in [-0.1, -0.05) is 17.7 Å². The van der Waals surface area contributed by atoms with Crippen LogP contribution in [0, 0.1) is 5.82 Å². The van der Waals surface area contributed by atoms with E-state index in [-0.39, 0.29) is 5.95 Å². The zero-order valence-electron chi connectivity index (χ0n) is 13.7. The summed E-state index contributed by atoms with van der Waals surface area (Å²) in [5.41, 5.74) is 0.966. The van der Waals surface area contributed by atoms with Crippen LogP contribution in [-0.4, -0.2) is 31.0 Å². The molecule has 3 aromatic heterocycles. The Morgan fingerprint density at radius 2 is 1.88 bits per heavy atom. The number of nitrogens with one attached hydrogen (secondary N) is 2. The van der Waals surface area contributed by atoms with Gasteiger partial charge in [-0.25, -0.2) is 9.37 Å². The lowest BCUT2D eigenvalue weighted by Crippen LogP contribution is -2.28. The van der Waals surface area contributed by atoms with Gasteiger partial charge in [-0.05, 0) is 31.4 Å². The van der Waals surface area contributed by atoms with Crippen LogP contribution >= 0.6 is 11.6 Å². The van der Waals surface area contributed by atoms with Crippen LogP contribution < -0.4 is 10.6 Å². The summed E-state index contributed by atoms with van der Waals surface area (Å²) in [5, 5.41) is 6.59. The summed E-state index contributed by atoms with van der Waals surface area (Å²) >= 11 is 5.97. The Balaban J connectivity index is 1.69. The molecule has 7 nitrogen and oxygen atoms in total. The zero-order chi connectivity index (χ0) is 17.9. The van der Waals surface area contributed by atoms with E-state index in [1.54, 1.807) is 18.2 Å². The van der Waals surface area contributed by atoms with E-state index in [0.29, 0.717) is 34.3 Å². The van der Waals surface area contributed by atoms with Gasteiger partial charge in [0.15, 0.2) is 5.82 Å². The Bertz CT molecular complexity index is 932. The van der Waals surface area contributed by atoms with Gasteiger partial charge < -0.3 is 10.6 Å². The fraction of sp³-hybridized carbons (Fsp3) is 0.235. The average Bonchev–Trinajstić information content (AvgIpc) is 2.58. The Morgan fingerprint density at radius 1 is 1.04 bits per heavy atom. The monoisotopic (exact) mass is 371 g/mol. The predicted octanol–water partition coefficient (Wildman–Crippen LogP) is 3.83. The summed E-state index contributed by atoms with van der Waals surface area (Å²) in [4.78, 5) is 21.2. The van der Waals surface area contributed by atoms with E-state index in [1.807, 2.05) is 0 Å². The van der Waals surface area contributed by atoms with Gasteiger partial charge in [-0.2, -0.15) is 15.0 Å². The highest BCUT2D eigenvalue weighted by Crippen LogP contribution is 2.24. The Morgan fingerprint density at radius 3 is 2.62 bits per heavy atom. The highest BCUT2D eigenvalue weighted by molar-refractivity contribution is 6.29. The Labute approximate surface area is 154 Å². The number of nitrogens with zero attached hydrogens (tertiary/aromatic N) is 5. The molecule has 3 aromatic rings. The molecule has 0 atom stereocenters. The lowest BCUT2D eigenvalue weighted by atomic mass is 9.93. The van der Waals surface area contributed by atoms with Crippen molar-refractivity contribution in [2.24, 2.45) is 0 Å². The van der Waals surface area contributed by atoms with Crippen LogP contribution in [-0.2, 0) is 0 Å². The smallest absolute Gasteiger partial charge is 0.232 e. The fourth-order valence-electron chi connectivity index (χ4n) is 2.49. The number of hydrogen-bond donors (Lipinski definition) is 2. The molecule has 0 aliphatic heterocycles. The Hall–Kier alpha value is -2.87. The number of pyridine rings is 2. The third kappa shape index (κ3) is 3.85. The number of rotatable bonds is 5. The average molecular weight is 372 g/mol. The standard InChI is InChI=1S/C17H15ClFN7/c18-14-6-2-5-13(23-14)15-24-16(21-11-3-1-4-11)26-17(25-15)22-12-7-10(19)8-20-9-12/h2,5-9,11H,1,3-4H2,(H2,21,22,24,25,26). The van der Waals surface area contributed by atoms with Gasteiger partial charge in [0.2, 0.25) is 11.9 Å². The summed E-state index contributed by atoms with van der Waals surface area (Å²) in [6.07, 6.45) is 5.96. The van der Waals surface area contributed by atoms with Crippen LogP contribution in [0.15, 0.2) is 36.7 Å². The minimum atomic E-state index is -0.450. The molecule has 0 aromatic carbocycles. The van der Waals surface area contributed by atoms with E-state index in [4.69, 9.17) is 11.6 Å². The van der Waals surface area contributed by atoms with Crippen molar-refractivity contribution in [3.05, 3.63) is 47.6 Å². The third-order valence-electron chi connectivity index (χ3n) is 3.98. The maximum Gasteiger partial charge on any atom is 0.232 e. The van der Waals surface area contributed by atoms with Gasteiger partial charge in [0.05, 0.1) is 18.1 Å². The molecular formula is C17H15ClFN7. The topological polar surface area (TPSA) is 88.5 Å². The molecule has 1 fully saturated rings. The first-order valence-electron chi connectivity index (χ1n) is 8.19. The molecule has 1 aliphatic rings. The molecule has 1 aliphatic carbocycles. The summed E-state index contributed by atoms with van der Waals surface area (Å²) in [6, 6.07) is 6.88. The molecule has 0 bridgehead atoms. The highest BCUT2D eigenvalue weighted by Gasteiger charge is 2.19. The molecule has 1 saturated carbocycles. The van der Waals surface area contributed by atoms with Crippen LogP contribution in [0.5, 0.6) is 0 Å². The van der Waals surface area contributed by atoms with Gasteiger partial charge in [-0.15, -0.1) is 0 Å². The molecular weight excluding hydrogens is 357 g/mol. The van der Waals surface area contributed by atoms with E-state index < -0.39 is 5.82 Å². The fourth-order valence-corrected chi connectivity index (χ4v) is 2.65. The normalized spacial score (nSPS) is 13.9. The number of aromatic nitrogens is 5. The molecule has 0 amide bonds. The molecule has 0 radical (unpaired) electrons. The molecule has 3 heterocycles. The summed E-state index contributed by atoms with van der Waals surface area (Å²) in [6.45, 7) is 0. The van der Waals surface area contributed by atoms with Crippen molar-refractivity contribution < 1.29 is 4.39 Å². The minimum Gasteiger partial charge on any atom is -0.351 e. The first-order chi connectivity index (χ1) is 12.7. The second-order valence-electron chi connectivity index (χ2n) is 5.94. The van der Waals surface area contributed by atoms with Crippen molar-refractivity contribution >= 4 is 29.2 Å². The first kappa shape index (κ1) is 16.6. The molecule has 2 N–H and O–H groups in total. The maximum atomic E-state index is 13.4. The van der Waals surface area contributed by atoms with Crippen LogP contribution in [0.25, 0.3) is 11.5 Å². The van der Waals surface area contributed by atoms with Crippen LogP contribution in [0.1, 0.15) is 19.3 Å². The lowest BCUT2D eigenvalue weighted by molar-refractivity contribution is 0.443. The van der Waals surface area contributed by atoms with Gasteiger partial charge in [0, 0.05) is 12.1 Å². The molecule has 9 heteroatoms. The SMILES string of the molecule is Fc1cncc(Nc2nc(NC3CCC3)nc(-c3cccc(Cl)n3)n2)c1. The summed E-state index contributed by atoms with van der Waals surface area (Å²) in [5.74, 6) is 0.629. The number of hydrogen-bond acceptors (Lipinski definition) is 7. The molecule has 0 saturated heterocycles. The zero-order valence-corrected chi connectivity index (χ0v) is 14.4. The molecule has 26 heavy (non-hydrogen) atoms. The van der Waals surface area contributed by atoms with Crippen LogP contribution in [0.3, 0.4) is 0 Å². The second-order valence-corrected chi connectivity index (χ2v) is 6.33. The van der Waals surface area contributed by atoms with Gasteiger partial charge >= 0.3 is 0 Å². The molecule has 0 spiro atoms. The van der Waals surface area contributed by atoms with E-state index in [2.05, 4.69) is 35.6 Å². The third-order valence-corrected chi connectivity index (χ3v) is 4.19. The second kappa shape index (κ2) is 7.17. The summed E-state index contributed by atoms with van der Waals surface area (Å²) < 4.78 is 13.4. The van der Waals surface area contributed by atoms with Crippen molar-refractivity contribution in [1.82, 2.24) is 24.9 Å². The highest BCUT2D eigenvalue weighted by atomic mass is 35.5. The van der Waals surface area contributed by atoms with Crippen LogP contribution in [0.4, 0.5) is 22.0 Å². The van der Waals surface area contributed by atoms with Crippen molar-refractivity contribution in [2.75, 3.05) is 10.6 Å². The van der Waals surface area contributed by atoms with Gasteiger partial charge in [0.25, 0.3) is 0 Å². The largest absolute Gasteiger partial charge is 0.351 e. The van der Waals surface area contributed by atoms with E-state index in [0.717, 1.165) is 19.0 Å². The quantitative estimate of drug-likeness (QED) is 0.659. The van der Waals surface area contributed by atoms with Gasteiger partial charge in [-0.3, -0.25) is 4.98 Å². The van der Waals surface area contributed by atoms with Crippen molar-refractivity contribution in [3.63, 3.8) is 0 Å². The number of halogens is 2. The van der Waals surface area contributed by atoms with Crippen molar-refractivity contribution in [3.8, 4) is 11.5 Å². The molecule has 132 valence electrons. The molecule has 4 rings (SSSR count). The summed E-state index contributed by atoms with van der Waals surface area (Å²) in [7, 11) is 0. The van der Waals surface area contributed by atoms with Crippen LogP contribution in [0.2, 0.25) is 5.15 Å². The predicted molar refractivity (Wildman–Crippen MR) is 96.8 cm³/mol. The Kier molecular flexibility index (Phi) is 4.57. The molecule has 0 unspecified atom stereocenters. The first-order valence-corrected chi connectivity index (χ1v) is 8.57. The van der Waals surface area contributed by atoms with E-state index in [1.165, 1.54) is 18.7 Å². The van der Waals surface area contributed by atoms with E-state index >= 15 is 0 Å². The van der Waals surface area contributed by atoms with Gasteiger partial charge in [0.1, 0.15) is 16.7 Å². The van der Waals surface area contributed by atoms with Crippen molar-refractivity contribution in [2.45, 2.75) is 25.3 Å². The number of anilines is 3. The maximum absolute atomic E-state index is 13.4. The van der Waals surface area contributed by atoms with Crippen molar-refractivity contribution in [1.29, 1.82) is 0 Å². The lowest BCUT2D eigenvalue weighted by Gasteiger charge is -2.26. The minimum absolute atomic E-state index is 0.269.